The van der Waals surface area contributed by atoms with Crippen molar-refractivity contribution in [1.29, 1.82) is 0 Å². The molecule has 0 saturated heterocycles. The number of amides is 1. The van der Waals surface area contributed by atoms with Crippen LogP contribution in [0.25, 0.3) is 0 Å². The molecule has 0 atom stereocenters. The second-order valence-electron chi connectivity index (χ2n) is 6.03. The van der Waals surface area contributed by atoms with Crippen LogP contribution < -0.4 is 15.4 Å². The number of ether oxygens (including phenoxy) is 1. The van der Waals surface area contributed by atoms with E-state index in [-0.39, 0.29) is 11.6 Å². The van der Waals surface area contributed by atoms with Crippen LogP contribution in [0.15, 0.2) is 48.8 Å². The maximum absolute atomic E-state index is 12.5. The molecule has 1 aromatic heterocycles. The second kappa shape index (κ2) is 8.05. The van der Waals surface area contributed by atoms with E-state index >= 15 is 0 Å². The molecule has 1 heterocycles. The molecule has 0 radical (unpaired) electrons. The van der Waals surface area contributed by atoms with Crippen molar-refractivity contribution in [1.82, 2.24) is 9.97 Å². The molecule has 0 bridgehead atoms. The van der Waals surface area contributed by atoms with E-state index < -0.39 is 0 Å². The normalized spacial score (nSPS) is 10.4. The summed E-state index contributed by atoms with van der Waals surface area (Å²) < 4.78 is 5.27. The maximum Gasteiger partial charge on any atom is 0.275 e. The summed E-state index contributed by atoms with van der Waals surface area (Å²) in [7, 11) is 1.55. The van der Waals surface area contributed by atoms with Crippen molar-refractivity contribution in [3.05, 3.63) is 70.6 Å². The number of methoxy groups -OCH3 is 1. The van der Waals surface area contributed by atoms with Gasteiger partial charge in [-0.05, 0) is 55.3 Å². The van der Waals surface area contributed by atoms with Crippen LogP contribution in [0.3, 0.4) is 0 Å². The average molecular weight is 383 g/mol. The third-order valence-corrected chi connectivity index (χ3v) is 4.17. The Kier molecular flexibility index (Phi) is 5.57. The second-order valence-corrected chi connectivity index (χ2v) is 6.47. The fraction of sp³-hybridized carbons (Fsp3) is 0.150. The van der Waals surface area contributed by atoms with Crippen LogP contribution in [0.1, 0.15) is 21.6 Å². The smallest absolute Gasteiger partial charge is 0.275 e. The highest BCUT2D eigenvalue weighted by atomic mass is 35.5. The molecule has 0 spiro atoms. The molecule has 7 heteroatoms. The first kappa shape index (κ1) is 18.7. The van der Waals surface area contributed by atoms with Gasteiger partial charge in [0.25, 0.3) is 5.91 Å². The van der Waals surface area contributed by atoms with Crippen molar-refractivity contribution >= 4 is 34.7 Å². The van der Waals surface area contributed by atoms with Gasteiger partial charge in [0.1, 0.15) is 17.3 Å². The van der Waals surface area contributed by atoms with E-state index in [4.69, 9.17) is 16.3 Å². The summed E-state index contributed by atoms with van der Waals surface area (Å²) in [6.07, 6.45) is 2.93. The number of hydrogen-bond donors (Lipinski definition) is 2. The quantitative estimate of drug-likeness (QED) is 0.665. The number of hydrogen-bond acceptors (Lipinski definition) is 5. The molecule has 0 aliphatic heterocycles. The van der Waals surface area contributed by atoms with Crippen LogP contribution >= 0.6 is 11.6 Å². The summed E-state index contributed by atoms with van der Waals surface area (Å²) in [5.74, 6) is 0.754. The topological polar surface area (TPSA) is 76.1 Å². The number of aryl methyl sites for hydroxylation is 2. The molecular weight excluding hydrogens is 364 g/mol. The number of carbonyl (C=O) groups is 1. The molecular formula is C20H19ClN4O2. The van der Waals surface area contributed by atoms with E-state index in [0.717, 1.165) is 16.8 Å². The largest absolute Gasteiger partial charge is 0.495 e. The average Bonchev–Trinajstić information content (AvgIpc) is 2.65. The van der Waals surface area contributed by atoms with Crippen LogP contribution in [-0.4, -0.2) is 23.0 Å². The Morgan fingerprint density at radius 2 is 1.85 bits per heavy atom. The van der Waals surface area contributed by atoms with Crippen molar-refractivity contribution in [2.24, 2.45) is 0 Å². The Labute approximate surface area is 162 Å². The maximum atomic E-state index is 12.5. The zero-order valence-electron chi connectivity index (χ0n) is 15.2. The summed E-state index contributed by atoms with van der Waals surface area (Å²) in [5, 5.41) is 6.63. The molecule has 1 amide bonds. The fourth-order valence-electron chi connectivity index (χ4n) is 2.52. The minimum absolute atomic E-state index is 0.205. The molecule has 0 aliphatic carbocycles. The summed E-state index contributed by atoms with van der Waals surface area (Å²) in [6, 6.07) is 11.1. The Hall–Kier alpha value is -3.12. The summed E-state index contributed by atoms with van der Waals surface area (Å²) in [5.41, 5.74) is 3.66. The number of halogens is 1. The van der Waals surface area contributed by atoms with Gasteiger partial charge in [-0.2, -0.15) is 0 Å². The number of nitrogens with zero attached hydrogens (tertiary/aromatic N) is 2. The Morgan fingerprint density at radius 3 is 2.52 bits per heavy atom. The fourth-order valence-corrected chi connectivity index (χ4v) is 2.75. The van der Waals surface area contributed by atoms with Crippen LogP contribution in [0, 0.1) is 13.8 Å². The lowest BCUT2D eigenvalue weighted by atomic mass is 10.2. The molecule has 2 aromatic carbocycles. The van der Waals surface area contributed by atoms with Crippen molar-refractivity contribution in [2.75, 3.05) is 17.7 Å². The van der Waals surface area contributed by atoms with Crippen molar-refractivity contribution in [3.8, 4) is 5.75 Å². The van der Waals surface area contributed by atoms with Gasteiger partial charge in [-0.15, -0.1) is 0 Å². The molecule has 6 nitrogen and oxygen atoms in total. The lowest BCUT2D eigenvalue weighted by molar-refractivity contribution is 0.102. The molecule has 0 saturated carbocycles. The minimum Gasteiger partial charge on any atom is -0.495 e. The third kappa shape index (κ3) is 4.54. The van der Waals surface area contributed by atoms with Gasteiger partial charge >= 0.3 is 0 Å². The number of carbonyl (C=O) groups excluding carboxylic acids is 1. The Bertz CT molecular complexity index is 974. The van der Waals surface area contributed by atoms with Gasteiger partial charge in [-0.25, -0.2) is 9.97 Å². The SMILES string of the molecule is COc1ccc(C)cc1NC(=O)c1cnc(Nc2ccc(Cl)cc2C)cn1. The predicted octanol–water partition coefficient (Wildman–Crippen LogP) is 4.75. The van der Waals surface area contributed by atoms with Gasteiger partial charge < -0.3 is 15.4 Å². The molecule has 3 rings (SSSR count). The first-order valence-corrected chi connectivity index (χ1v) is 8.65. The molecule has 3 aromatic rings. The lowest BCUT2D eigenvalue weighted by Gasteiger charge is -2.11. The predicted molar refractivity (Wildman–Crippen MR) is 107 cm³/mol. The Balaban J connectivity index is 1.73. The highest BCUT2D eigenvalue weighted by Crippen LogP contribution is 2.26. The van der Waals surface area contributed by atoms with Crippen molar-refractivity contribution in [3.63, 3.8) is 0 Å². The van der Waals surface area contributed by atoms with E-state index in [0.29, 0.717) is 22.3 Å². The van der Waals surface area contributed by atoms with Crippen LogP contribution in [0.2, 0.25) is 5.02 Å². The van der Waals surface area contributed by atoms with E-state index in [9.17, 15) is 4.79 Å². The molecule has 0 unspecified atom stereocenters. The summed E-state index contributed by atoms with van der Waals surface area (Å²) in [4.78, 5) is 20.9. The number of benzene rings is 2. The van der Waals surface area contributed by atoms with Gasteiger partial charge in [0.2, 0.25) is 0 Å². The zero-order chi connectivity index (χ0) is 19.4. The molecule has 138 valence electrons. The molecule has 2 N–H and O–H groups in total. The Morgan fingerprint density at radius 1 is 1.04 bits per heavy atom. The van der Waals surface area contributed by atoms with Crippen LogP contribution in [0.5, 0.6) is 5.75 Å². The molecule has 0 fully saturated rings. The molecule has 27 heavy (non-hydrogen) atoms. The first-order chi connectivity index (χ1) is 13.0. The van der Waals surface area contributed by atoms with Crippen LogP contribution in [-0.2, 0) is 0 Å². The van der Waals surface area contributed by atoms with E-state index in [1.165, 1.54) is 12.4 Å². The van der Waals surface area contributed by atoms with Gasteiger partial charge in [0.15, 0.2) is 0 Å². The van der Waals surface area contributed by atoms with Crippen LogP contribution in [0.4, 0.5) is 17.2 Å². The van der Waals surface area contributed by atoms with E-state index in [1.807, 2.05) is 38.1 Å². The number of aromatic nitrogens is 2. The summed E-state index contributed by atoms with van der Waals surface area (Å²) in [6.45, 7) is 3.88. The van der Waals surface area contributed by atoms with Gasteiger partial charge in [-0.3, -0.25) is 4.79 Å². The third-order valence-electron chi connectivity index (χ3n) is 3.94. The minimum atomic E-state index is -0.361. The number of nitrogens with one attached hydrogen (secondary N) is 2. The number of anilines is 3. The number of rotatable bonds is 5. The molecule has 0 aliphatic rings. The van der Waals surface area contributed by atoms with Gasteiger partial charge in [0, 0.05) is 10.7 Å². The highest BCUT2D eigenvalue weighted by Gasteiger charge is 2.12. The van der Waals surface area contributed by atoms with E-state index in [2.05, 4.69) is 20.6 Å². The first-order valence-electron chi connectivity index (χ1n) is 8.27. The summed E-state index contributed by atoms with van der Waals surface area (Å²) >= 11 is 5.96. The van der Waals surface area contributed by atoms with Gasteiger partial charge in [-0.1, -0.05) is 17.7 Å². The highest BCUT2D eigenvalue weighted by molar-refractivity contribution is 6.30. The van der Waals surface area contributed by atoms with Gasteiger partial charge in [0.05, 0.1) is 25.2 Å². The zero-order valence-corrected chi connectivity index (χ0v) is 16.0. The van der Waals surface area contributed by atoms with E-state index in [1.54, 1.807) is 19.2 Å². The van der Waals surface area contributed by atoms with Crippen molar-refractivity contribution < 1.29 is 9.53 Å². The lowest BCUT2D eigenvalue weighted by Crippen LogP contribution is -2.15. The monoisotopic (exact) mass is 382 g/mol. The standard InChI is InChI=1S/C20H19ClN4O2/c1-12-4-7-18(27-3)16(8-12)25-20(26)17-10-23-19(11-22-17)24-15-6-5-14(21)9-13(15)2/h4-11H,1-3H3,(H,23,24)(H,25,26). The van der Waals surface area contributed by atoms with Crippen molar-refractivity contribution in [2.45, 2.75) is 13.8 Å².